The number of aliphatic carboxylic acids is 1. The summed E-state index contributed by atoms with van der Waals surface area (Å²) >= 11 is 0. The average molecular weight is 483 g/mol. The van der Waals surface area contributed by atoms with E-state index in [9.17, 15) is 29.1 Å². The van der Waals surface area contributed by atoms with Crippen molar-refractivity contribution in [3.63, 3.8) is 0 Å². The van der Waals surface area contributed by atoms with Gasteiger partial charge < -0.3 is 43.2 Å². The summed E-state index contributed by atoms with van der Waals surface area (Å²) in [7, 11) is 0. The second-order valence-corrected chi connectivity index (χ2v) is 7.87. The van der Waals surface area contributed by atoms with E-state index in [-0.39, 0.29) is 25.7 Å². The van der Waals surface area contributed by atoms with Gasteiger partial charge in [0.05, 0.1) is 12.4 Å². The van der Waals surface area contributed by atoms with E-state index in [1.54, 1.807) is 0 Å². The Morgan fingerprint density at radius 2 is 1.71 bits per heavy atom. The minimum Gasteiger partial charge on any atom is -0.480 e. The Morgan fingerprint density at radius 1 is 1.03 bits per heavy atom. The molecule has 4 unspecified atom stereocenters. The van der Waals surface area contributed by atoms with Gasteiger partial charge in [-0.1, -0.05) is 0 Å². The molecule has 190 valence electrons. The molecular weight excluding hydrogens is 448 g/mol. The zero-order valence-corrected chi connectivity index (χ0v) is 19.1. The van der Waals surface area contributed by atoms with E-state index in [0.29, 0.717) is 25.1 Å². The molecule has 1 aromatic rings. The van der Waals surface area contributed by atoms with Gasteiger partial charge in [0, 0.05) is 24.7 Å². The Kier molecular flexibility index (Phi) is 12.2. The monoisotopic (exact) mass is 482 g/mol. The molecule has 1 rings (SSSR count). The highest BCUT2D eigenvalue weighted by atomic mass is 16.4. The molecule has 0 saturated carbocycles. The minimum atomic E-state index is -1.25. The van der Waals surface area contributed by atoms with Crippen molar-refractivity contribution in [1.82, 2.24) is 25.9 Å². The van der Waals surface area contributed by atoms with Crippen LogP contribution in [0.15, 0.2) is 12.5 Å². The minimum absolute atomic E-state index is 0.0204. The van der Waals surface area contributed by atoms with E-state index in [0.717, 1.165) is 0 Å². The van der Waals surface area contributed by atoms with Crippen molar-refractivity contribution >= 4 is 29.6 Å². The number of aromatic amines is 1. The lowest BCUT2D eigenvalue weighted by Crippen LogP contribution is -2.56. The normalized spacial score (nSPS) is 14.3. The van der Waals surface area contributed by atoms with Gasteiger partial charge in [0.15, 0.2) is 0 Å². The number of unbranched alkanes of at least 4 members (excludes halogenated alkanes) is 1. The Bertz CT molecular complexity index is 831. The van der Waals surface area contributed by atoms with E-state index in [1.807, 2.05) is 0 Å². The van der Waals surface area contributed by atoms with Crippen LogP contribution in [0.5, 0.6) is 0 Å². The number of hydrogen-bond acceptors (Lipinski definition) is 8. The maximum absolute atomic E-state index is 12.8. The molecule has 0 aliphatic rings. The summed E-state index contributed by atoms with van der Waals surface area (Å²) in [5, 5.41) is 16.9. The molecule has 1 aromatic heterocycles. The predicted molar refractivity (Wildman–Crippen MR) is 121 cm³/mol. The number of primary amides is 1. The largest absolute Gasteiger partial charge is 0.480 e. The van der Waals surface area contributed by atoms with Crippen molar-refractivity contribution in [2.24, 2.45) is 17.2 Å². The van der Waals surface area contributed by atoms with E-state index in [2.05, 4.69) is 25.9 Å². The number of carboxylic acid groups (broad SMARTS) is 1. The number of rotatable bonds is 16. The van der Waals surface area contributed by atoms with Crippen LogP contribution in [-0.4, -0.2) is 75.4 Å². The highest BCUT2D eigenvalue weighted by Gasteiger charge is 2.29. The lowest BCUT2D eigenvalue weighted by atomic mass is 10.1. The molecule has 0 radical (unpaired) electrons. The lowest BCUT2D eigenvalue weighted by Gasteiger charge is -2.23. The molecule has 14 nitrogen and oxygen atoms in total. The van der Waals surface area contributed by atoms with Gasteiger partial charge in [-0.05, 0) is 39.2 Å². The molecule has 0 bridgehead atoms. The van der Waals surface area contributed by atoms with Crippen LogP contribution in [0, 0.1) is 0 Å². The molecule has 1 heterocycles. The van der Waals surface area contributed by atoms with Crippen molar-refractivity contribution in [3.05, 3.63) is 18.2 Å². The Morgan fingerprint density at radius 3 is 2.26 bits per heavy atom. The van der Waals surface area contributed by atoms with E-state index in [1.165, 1.54) is 19.4 Å². The molecule has 4 amide bonds. The van der Waals surface area contributed by atoms with Gasteiger partial charge in [-0.15, -0.1) is 0 Å². The quantitative estimate of drug-likeness (QED) is 0.113. The fraction of sp³-hybridized carbons (Fsp3) is 0.600. The highest BCUT2D eigenvalue weighted by molar-refractivity contribution is 5.94. The second kappa shape index (κ2) is 14.6. The fourth-order valence-corrected chi connectivity index (χ4v) is 2.96. The van der Waals surface area contributed by atoms with Crippen LogP contribution in [0.4, 0.5) is 0 Å². The summed E-state index contributed by atoms with van der Waals surface area (Å²) in [6, 6.07) is -4.38. The number of amides is 4. The highest BCUT2D eigenvalue weighted by Crippen LogP contribution is 2.05. The molecular formula is C20H34N8O6. The molecule has 14 heteroatoms. The number of carbonyl (C=O) groups excluding carboxylic acids is 4. The van der Waals surface area contributed by atoms with Crippen LogP contribution in [0.2, 0.25) is 0 Å². The third-order valence-electron chi connectivity index (χ3n) is 4.96. The average Bonchev–Trinajstić information content (AvgIpc) is 3.29. The molecule has 11 N–H and O–H groups in total. The SMILES string of the molecule is CC(NC(=O)C(N)CCC(N)=O)C(=O)NC(CCCCN)C(=O)NC(Cc1cnc[nH]1)C(=O)O. The third kappa shape index (κ3) is 10.4. The number of carboxylic acids is 1. The smallest absolute Gasteiger partial charge is 0.326 e. The number of nitrogens with zero attached hydrogens (tertiary/aromatic N) is 1. The van der Waals surface area contributed by atoms with Gasteiger partial charge in [-0.3, -0.25) is 19.2 Å². The number of nitrogens with two attached hydrogens (primary N) is 3. The molecule has 0 aliphatic heterocycles. The van der Waals surface area contributed by atoms with Crippen LogP contribution < -0.4 is 33.2 Å². The van der Waals surface area contributed by atoms with E-state index >= 15 is 0 Å². The molecule has 0 aromatic carbocycles. The van der Waals surface area contributed by atoms with Crippen molar-refractivity contribution < 1.29 is 29.1 Å². The fourth-order valence-electron chi connectivity index (χ4n) is 2.96. The summed E-state index contributed by atoms with van der Waals surface area (Å²) in [5.41, 5.74) is 16.7. The van der Waals surface area contributed by atoms with Gasteiger partial charge in [0.1, 0.15) is 18.1 Å². The number of aromatic nitrogens is 2. The summed E-state index contributed by atoms with van der Waals surface area (Å²) < 4.78 is 0. The molecule has 4 atom stereocenters. The first-order chi connectivity index (χ1) is 16.0. The van der Waals surface area contributed by atoms with Gasteiger partial charge in [0.2, 0.25) is 23.6 Å². The van der Waals surface area contributed by atoms with Crippen LogP contribution in [-0.2, 0) is 30.4 Å². The summed E-state index contributed by atoms with van der Waals surface area (Å²) in [6.07, 6.45) is 4.06. The van der Waals surface area contributed by atoms with Gasteiger partial charge in [0.25, 0.3) is 0 Å². The first-order valence-electron chi connectivity index (χ1n) is 10.9. The second-order valence-electron chi connectivity index (χ2n) is 7.87. The molecule has 0 aliphatic carbocycles. The van der Waals surface area contributed by atoms with Gasteiger partial charge in [-0.2, -0.15) is 0 Å². The molecule has 34 heavy (non-hydrogen) atoms. The zero-order valence-electron chi connectivity index (χ0n) is 19.1. The number of hydrogen-bond donors (Lipinski definition) is 8. The predicted octanol–water partition coefficient (Wildman–Crippen LogP) is -2.77. The molecule has 0 spiro atoms. The Balaban J connectivity index is 2.77. The van der Waals surface area contributed by atoms with Crippen LogP contribution >= 0.6 is 0 Å². The number of H-pyrrole nitrogens is 1. The van der Waals surface area contributed by atoms with Crippen molar-refractivity contribution in [1.29, 1.82) is 0 Å². The van der Waals surface area contributed by atoms with Crippen LogP contribution in [0.25, 0.3) is 0 Å². The third-order valence-corrected chi connectivity index (χ3v) is 4.96. The standard InChI is InChI=1S/C20H34N8O6/c1-11(26-18(31)13(22)5-6-16(23)29)17(30)27-14(4-2-3-7-21)19(32)28-15(20(33)34)8-12-9-24-10-25-12/h9-11,13-15H,2-8,21-22H2,1H3,(H2,23,29)(H,24,25)(H,26,31)(H,27,30)(H,28,32)(H,33,34). The Hall–Kier alpha value is -3.52. The summed E-state index contributed by atoms with van der Waals surface area (Å²) in [4.78, 5) is 66.6. The van der Waals surface area contributed by atoms with E-state index in [4.69, 9.17) is 17.2 Å². The van der Waals surface area contributed by atoms with E-state index < -0.39 is 53.8 Å². The Labute approximate surface area is 196 Å². The summed E-state index contributed by atoms with van der Waals surface area (Å²) in [6.45, 7) is 1.79. The van der Waals surface area contributed by atoms with Crippen molar-refractivity contribution in [3.8, 4) is 0 Å². The maximum atomic E-state index is 12.8. The van der Waals surface area contributed by atoms with Gasteiger partial charge >= 0.3 is 5.97 Å². The van der Waals surface area contributed by atoms with Crippen molar-refractivity contribution in [2.45, 2.75) is 69.6 Å². The van der Waals surface area contributed by atoms with Crippen molar-refractivity contribution in [2.75, 3.05) is 6.54 Å². The maximum Gasteiger partial charge on any atom is 0.326 e. The number of imidazole rings is 1. The van der Waals surface area contributed by atoms with Crippen LogP contribution in [0.1, 0.15) is 44.7 Å². The molecule has 0 fully saturated rings. The van der Waals surface area contributed by atoms with Crippen LogP contribution in [0.3, 0.4) is 0 Å². The number of carbonyl (C=O) groups is 5. The zero-order chi connectivity index (χ0) is 25.7. The lowest BCUT2D eigenvalue weighted by molar-refractivity contribution is -0.142. The van der Waals surface area contributed by atoms with Gasteiger partial charge in [-0.25, -0.2) is 9.78 Å². The number of nitrogens with one attached hydrogen (secondary N) is 4. The first-order valence-corrected chi connectivity index (χ1v) is 10.9. The first kappa shape index (κ1) is 28.5. The summed E-state index contributed by atoms with van der Waals surface area (Å²) in [5.74, 6) is -3.86. The topological polar surface area (TPSA) is 248 Å². The molecule has 0 saturated heterocycles.